The van der Waals surface area contributed by atoms with Gasteiger partial charge in [-0.25, -0.2) is 0 Å². The molecule has 0 radical (unpaired) electrons. The third-order valence-electron chi connectivity index (χ3n) is 2.16. The van der Waals surface area contributed by atoms with Crippen LogP contribution in [0.3, 0.4) is 0 Å². The average Bonchev–Trinajstić information content (AvgIpc) is 2.27. The van der Waals surface area contributed by atoms with E-state index < -0.39 is 11.8 Å². The Bertz CT molecular complexity index is 497. The van der Waals surface area contributed by atoms with Crippen LogP contribution in [-0.4, -0.2) is 24.7 Å². The van der Waals surface area contributed by atoms with Crippen molar-refractivity contribution in [2.24, 2.45) is 5.73 Å². The van der Waals surface area contributed by atoms with E-state index in [4.69, 9.17) is 10.5 Å². The first kappa shape index (κ1) is 13.7. The van der Waals surface area contributed by atoms with Crippen molar-refractivity contribution >= 4 is 23.3 Å². The van der Waals surface area contributed by atoms with E-state index in [1.807, 2.05) is 0 Å². The molecule has 6 heteroatoms. The lowest BCUT2D eigenvalue weighted by molar-refractivity contribution is -0.124. The van der Waals surface area contributed by atoms with Gasteiger partial charge < -0.3 is 15.8 Å². The molecule has 0 atom stereocenters. The number of anilines is 1. The van der Waals surface area contributed by atoms with E-state index in [1.54, 1.807) is 0 Å². The van der Waals surface area contributed by atoms with Crippen LogP contribution in [0.1, 0.15) is 23.7 Å². The summed E-state index contributed by atoms with van der Waals surface area (Å²) in [7, 11) is 1.39. The van der Waals surface area contributed by atoms with Gasteiger partial charge in [-0.3, -0.25) is 14.4 Å². The standard InChI is InChI=1S/C12H14N2O4/c1-7(15)5-11(16)14-8-3-4-9(12(13)17)10(6-8)18-2/h3-4,6H,5H2,1-2H3,(H2,13,17)(H,14,16). The highest BCUT2D eigenvalue weighted by molar-refractivity contribution is 6.04. The van der Waals surface area contributed by atoms with Crippen molar-refractivity contribution < 1.29 is 19.1 Å². The largest absolute Gasteiger partial charge is 0.496 e. The summed E-state index contributed by atoms with van der Waals surface area (Å²) in [4.78, 5) is 33.2. The Morgan fingerprint density at radius 3 is 2.50 bits per heavy atom. The topological polar surface area (TPSA) is 98.5 Å². The molecule has 1 aromatic rings. The lowest BCUT2D eigenvalue weighted by Crippen LogP contribution is -2.16. The third kappa shape index (κ3) is 3.58. The van der Waals surface area contributed by atoms with E-state index in [1.165, 1.54) is 32.2 Å². The fraction of sp³-hybridized carbons (Fsp3) is 0.250. The summed E-state index contributed by atoms with van der Waals surface area (Å²) >= 11 is 0. The second-order valence-electron chi connectivity index (χ2n) is 3.71. The zero-order valence-electron chi connectivity index (χ0n) is 10.1. The molecule has 0 spiro atoms. The lowest BCUT2D eigenvalue weighted by Gasteiger charge is -2.09. The molecular formula is C12H14N2O4. The fourth-order valence-corrected chi connectivity index (χ4v) is 1.40. The normalized spacial score (nSPS) is 9.67. The van der Waals surface area contributed by atoms with E-state index in [-0.39, 0.29) is 23.5 Å². The average molecular weight is 250 g/mol. The van der Waals surface area contributed by atoms with Crippen LogP contribution in [0.15, 0.2) is 18.2 Å². The number of benzene rings is 1. The summed E-state index contributed by atoms with van der Waals surface area (Å²) in [5.74, 6) is -0.999. The van der Waals surface area contributed by atoms with E-state index in [0.717, 1.165) is 0 Å². The van der Waals surface area contributed by atoms with Crippen LogP contribution < -0.4 is 15.8 Å². The van der Waals surface area contributed by atoms with Gasteiger partial charge in [-0.05, 0) is 19.1 Å². The smallest absolute Gasteiger partial charge is 0.252 e. The number of primary amides is 1. The number of ether oxygens (including phenoxy) is 1. The molecule has 0 aliphatic carbocycles. The minimum absolute atomic E-state index is 0.195. The zero-order valence-corrected chi connectivity index (χ0v) is 10.1. The molecule has 1 aromatic carbocycles. The summed E-state index contributed by atoms with van der Waals surface area (Å²) in [5.41, 5.74) is 5.81. The van der Waals surface area contributed by atoms with Crippen molar-refractivity contribution in [3.05, 3.63) is 23.8 Å². The summed E-state index contributed by atoms with van der Waals surface area (Å²) < 4.78 is 4.99. The number of amides is 2. The minimum atomic E-state index is -0.617. The Labute approximate surface area is 104 Å². The Kier molecular flexibility index (Phi) is 4.42. The molecule has 3 N–H and O–H groups in total. The number of hydrogen-bond donors (Lipinski definition) is 2. The van der Waals surface area contributed by atoms with Gasteiger partial charge in [0.15, 0.2) is 0 Å². The van der Waals surface area contributed by atoms with E-state index in [0.29, 0.717) is 5.69 Å². The van der Waals surface area contributed by atoms with Crippen LogP contribution in [0.2, 0.25) is 0 Å². The highest BCUT2D eigenvalue weighted by Gasteiger charge is 2.11. The minimum Gasteiger partial charge on any atom is -0.496 e. The zero-order chi connectivity index (χ0) is 13.7. The molecule has 0 saturated carbocycles. The molecule has 0 fully saturated rings. The summed E-state index contributed by atoms with van der Waals surface area (Å²) in [6.45, 7) is 1.33. The van der Waals surface area contributed by atoms with Crippen molar-refractivity contribution in [2.45, 2.75) is 13.3 Å². The van der Waals surface area contributed by atoms with E-state index in [2.05, 4.69) is 5.32 Å². The number of rotatable bonds is 5. The summed E-state index contributed by atoms with van der Waals surface area (Å²) in [6, 6.07) is 4.43. The van der Waals surface area contributed by atoms with Crippen molar-refractivity contribution in [2.75, 3.05) is 12.4 Å². The first-order chi connectivity index (χ1) is 8.43. The van der Waals surface area contributed by atoms with Crippen LogP contribution in [0.4, 0.5) is 5.69 Å². The van der Waals surface area contributed by atoms with Crippen LogP contribution in [0.5, 0.6) is 5.75 Å². The number of nitrogens with two attached hydrogens (primary N) is 1. The van der Waals surface area contributed by atoms with Gasteiger partial charge in [0.05, 0.1) is 19.1 Å². The van der Waals surface area contributed by atoms with Crippen LogP contribution in [-0.2, 0) is 9.59 Å². The Hall–Kier alpha value is -2.37. The van der Waals surface area contributed by atoms with Crippen molar-refractivity contribution in [1.29, 1.82) is 0 Å². The number of nitrogens with one attached hydrogen (secondary N) is 1. The molecule has 6 nitrogen and oxygen atoms in total. The van der Waals surface area contributed by atoms with Crippen LogP contribution in [0, 0.1) is 0 Å². The van der Waals surface area contributed by atoms with Crippen molar-refractivity contribution in [3.63, 3.8) is 0 Å². The van der Waals surface area contributed by atoms with Gasteiger partial charge >= 0.3 is 0 Å². The quantitative estimate of drug-likeness (QED) is 0.752. The van der Waals surface area contributed by atoms with Gasteiger partial charge in [0.1, 0.15) is 11.5 Å². The number of carbonyl (C=O) groups excluding carboxylic acids is 3. The first-order valence-electron chi connectivity index (χ1n) is 5.21. The molecule has 1 rings (SSSR count). The van der Waals surface area contributed by atoms with E-state index in [9.17, 15) is 14.4 Å². The molecule has 0 saturated heterocycles. The number of Topliss-reactive ketones (excluding diaryl/α,β-unsaturated/α-hetero) is 1. The van der Waals surface area contributed by atoms with Gasteiger partial charge in [-0.15, -0.1) is 0 Å². The molecule has 0 bridgehead atoms. The summed E-state index contributed by atoms with van der Waals surface area (Å²) in [6.07, 6.45) is -0.195. The third-order valence-corrected chi connectivity index (χ3v) is 2.16. The molecule has 0 aromatic heterocycles. The maximum atomic E-state index is 11.4. The van der Waals surface area contributed by atoms with Crippen molar-refractivity contribution in [1.82, 2.24) is 0 Å². The maximum absolute atomic E-state index is 11.4. The molecular weight excluding hydrogens is 236 g/mol. The molecule has 0 aliphatic heterocycles. The molecule has 18 heavy (non-hydrogen) atoms. The monoisotopic (exact) mass is 250 g/mol. The Balaban J connectivity index is 2.89. The van der Waals surface area contributed by atoms with Gasteiger partial charge in [0, 0.05) is 11.8 Å². The highest BCUT2D eigenvalue weighted by Crippen LogP contribution is 2.22. The second-order valence-corrected chi connectivity index (χ2v) is 3.71. The highest BCUT2D eigenvalue weighted by atomic mass is 16.5. The molecule has 0 aliphatic rings. The van der Waals surface area contributed by atoms with E-state index >= 15 is 0 Å². The van der Waals surface area contributed by atoms with Gasteiger partial charge in [-0.1, -0.05) is 0 Å². The summed E-state index contributed by atoms with van der Waals surface area (Å²) in [5, 5.41) is 2.52. The molecule has 96 valence electrons. The van der Waals surface area contributed by atoms with Gasteiger partial charge in [0.2, 0.25) is 5.91 Å². The second kappa shape index (κ2) is 5.81. The van der Waals surface area contributed by atoms with Crippen molar-refractivity contribution in [3.8, 4) is 5.75 Å². The van der Waals surface area contributed by atoms with Gasteiger partial charge in [-0.2, -0.15) is 0 Å². The number of carbonyl (C=O) groups is 3. The van der Waals surface area contributed by atoms with Crippen LogP contribution in [0.25, 0.3) is 0 Å². The fourth-order valence-electron chi connectivity index (χ4n) is 1.40. The predicted molar refractivity (Wildman–Crippen MR) is 65.4 cm³/mol. The molecule has 0 heterocycles. The SMILES string of the molecule is COc1cc(NC(=O)CC(C)=O)ccc1C(N)=O. The lowest BCUT2D eigenvalue weighted by atomic mass is 10.1. The maximum Gasteiger partial charge on any atom is 0.252 e. The number of hydrogen-bond acceptors (Lipinski definition) is 4. The number of methoxy groups -OCH3 is 1. The van der Waals surface area contributed by atoms with Gasteiger partial charge in [0.25, 0.3) is 5.91 Å². The Morgan fingerprint density at radius 1 is 1.33 bits per heavy atom. The molecule has 2 amide bonds. The first-order valence-corrected chi connectivity index (χ1v) is 5.21. The Morgan fingerprint density at radius 2 is 2.00 bits per heavy atom. The number of ketones is 1. The predicted octanol–water partition coefficient (Wildman–Crippen LogP) is 0.712. The van der Waals surface area contributed by atoms with Crippen LogP contribution >= 0.6 is 0 Å². The molecule has 0 unspecified atom stereocenters.